The Morgan fingerprint density at radius 3 is 2.00 bits per heavy atom. The van der Waals surface area contributed by atoms with Gasteiger partial charge in [0.2, 0.25) is 0 Å². The summed E-state index contributed by atoms with van der Waals surface area (Å²) < 4.78 is 5.25. The predicted octanol–water partition coefficient (Wildman–Crippen LogP) is 2.12. The van der Waals surface area contributed by atoms with Crippen molar-refractivity contribution in [2.45, 2.75) is 33.3 Å². The molecule has 0 aliphatic rings. The molecule has 0 rings (SSSR count). The number of nitrogens with zero attached hydrogens (tertiary/aromatic N) is 1. The van der Waals surface area contributed by atoms with Crippen molar-refractivity contribution in [2.24, 2.45) is 5.92 Å². The summed E-state index contributed by atoms with van der Waals surface area (Å²) in [5.41, 5.74) is -0.388. The van der Waals surface area contributed by atoms with Gasteiger partial charge >= 0.3 is 6.09 Å². The molecule has 0 fully saturated rings. The standard InChI is InChI=1S/C9H19NO2/c1-7(2)9(3,4)12-8(11)10(5)6/h7H,1-6H3. The van der Waals surface area contributed by atoms with Crippen LogP contribution in [-0.4, -0.2) is 30.7 Å². The zero-order chi connectivity index (χ0) is 9.94. The summed E-state index contributed by atoms with van der Waals surface area (Å²) in [5, 5.41) is 0. The lowest BCUT2D eigenvalue weighted by Gasteiger charge is -2.30. The fraction of sp³-hybridized carbons (Fsp3) is 0.889. The molecule has 0 heterocycles. The molecule has 0 aromatic rings. The van der Waals surface area contributed by atoms with Gasteiger partial charge in [-0.05, 0) is 19.8 Å². The van der Waals surface area contributed by atoms with Gasteiger partial charge in [-0.1, -0.05) is 13.8 Å². The number of hydrogen-bond donors (Lipinski definition) is 0. The second-order valence-electron chi connectivity index (χ2n) is 4.02. The van der Waals surface area contributed by atoms with E-state index >= 15 is 0 Å². The highest BCUT2D eigenvalue weighted by Crippen LogP contribution is 2.20. The average molecular weight is 173 g/mol. The van der Waals surface area contributed by atoms with Crippen molar-refractivity contribution >= 4 is 6.09 Å². The Morgan fingerprint density at radius 1 is 1.33 bits per heavy atom. The van der Waals surface area contributed by atoms with Crippen LogP contribution in [0.1, 0.15) is 27.7 Å². The quantitative estimate of drug-likeness (QED) is 0.640. The van der Waals surface area contributed by atoms with Crippen LogP contribution in [0.3, 0.4) is 0 Å². The van der Waals surface area contributed by atoms with E-state index in [4.69, 9.17) is 4.74 Å². The molecule has 0 aromatic carbocycles. The first kappa shape index (κ1) is 11.3. The highest BCUT2D eigenvalue weighted by Gasteiger charge is 2.27. The lowest BCUT2D eigenvalue weighted by molar-refractivity contribution is -0.00858. The minimum Gasteiger partial charge on any atom is -0.443 e. The fourth-order valence-electron chi connectivity index (χ4n) is 0.434. The maximum absolute atomic E-state index is 11.2. The number of rotatable bonds is 2. The molecule has 1 amide bonds. The van der Waals surface area contributed by atoms with E-state index in [-0.39, 0.29) is 11.7 Å². The second-order valence-corrected chi connectivity index (χ2v) is 4.02. The van der Waals surface area contributed by atoms with Crippen LogP contribution < -0.4 is 0 Å². The molecule has 0 saturated carbocycles. The molecular formula is C9H19NO2. The maximum Gasteiger partial charge on any atom is 0.409 e. The SMILES string of the molecule is CC(C)C(C)(C)OC(=O)N(C)C. The van der Waals surface area contributed by atoms with Crippen molar-refractivity contribution in [2.75, 3.05) is 14.1 Å². The first-order valence-electron chi connectivity index (χ1n) is 4.17. The smallest absolute Gasteiger partial charge is 0.409 e. The summed E-state index contributed by atoms with van der Waals surface area (Å²) in [4.78, 5) is 12.6. The molecule has 0 unspecified atom stereocenters. The van der Waals surface area contributed by atoms with Crippen LogP contribution in [-0.2, 0) is 4.74 Å². The molecule has 3 nitrogen and oxygen atoms in total. The van der Waals surface area contributed by atoms with Gasteiger partial charge in [-0.2, -0.15) is 0 Å². The number of amides is 1. The molecule has 0 spiro atoms. The molecule has 0 saturated heterocycles. The van der Waals surface area contributed by atoms with Crippen LogP contribution in [0.5, 0.6) is 0 Å². The van der Waals surface area contributed by atoms with Gasteiger partial charge in [0.15, 0.2) is 0 Å². The summed E-state index contributed by atoms with van der Waals surface area (Å²) in [7, 11) is 3.36. The molecule has 0 aromatic heterocycles. The first-order chi connectivity index (χ1) is 5.27. The Labute approximate surface area is 74.7 Å². The van der Waals surface area contributed by atoms with Crippen LogP contribution in [0.4, 0.5) is 4.79 Å². The molecule has 0 aliphatic heterocycles. The Bertz CT molecular complexity index is 162. The predicted molar refractivity (Wildman–Crippen MR) is 49.1 cm³/mol. The maximum atomic E-state index is 11.2. The van der Waals surface area contributed by atoms with Crippen molar-refractivity contribution in [3.63, 3.8) is 0 Å². The highest BCUT2D eigenvalue weighted by molar-refractivity contribution is 5.67. The molecule has 0 aliphatic carbocycles. The molecule has 3 heteroatoms. The van der Waals surface area contributed by atoms with E-state index in [1.807, 2.05) is 27.7 Å². The Hall–Kier alpha value is -0.730. The monoisotopic (exact) mass is 173 g/mol. The van der Waals surface area contributed by atoms with E-state index in [9.17, 15) is 4.79 Å². The summed E-state index contributed by atoms with van der Waals surface area (Å²) in [5.74, 6) is 0.321. The second kappa shape index (κ2) is 3.78. The van der Waals surface area contributed by atoms with Gasteiger partial charge in [-0.3, -0.25) is 0 Å². The minimum absolute atomic E-state index is 0.284. The summed E-state index contributed by atoms with van der Waals surface area (Å²) in [6, 6.07) is 0. The average Bonchev–Trinajstić information content (AvgIpc) is 1.85. The fourth-order valence-corrected chi connectivity index (χ4v) is 0.434. The molecule has 12 heavy (non-hydrogen) atoms. The van der Waals surface area contributed by atoms with Crippen LogP contribution in [0.2, 0.25) is 0 Å². The minimum atomic E-state index is -0.388. The highest BCUT2D eigenvalue weighted by atomic mass is 16.6. The molecular weight excluding hydrogens is 154 g/mol. The van der Waals surface area contributed by atoms with Crippen molar-refractivity contribution < 1.29 is 9.53 Å². The molecule has 0 N–H and O–H groups in total. The summed E-state index contributed by atoms with van der Waals surface area (Å²) in [6.07, 6.45) is -0.284. The van der Waals surface area contributed by atoms with Crippen molar-refractivity contribution in [3.05, 3.63) is 0 Å². The number of carbonyl (C=O) groups excluding carboxylic acids is 1. The van der Waals surface area contributed by atoms with E-state index < -0.39 is 0 Å². The van der Waals surface area contributed by atoms with Crippen LogP contribution in [0.15, 0.2) is 0 Å². The zero-order valence-electron chi connectivity index (χ0n) is 8.84. The molecule has 0 bridgehead atoms. The lowest BCUT2D eigenvalue weighted by atomic mass is 9.95. The largest absolute Gasteiger partial charge is 0.443 e. The topological polar surface area (TPSA) is 29.5 Å². The lowest BCUT2D eigenvalue weighted by Crippen LogP contribution is -2.37. The summed E-state index contributed by atoms with van der Waals surface area (Å²) in [6.45, 7) is 7.89. The van der Waals surface area contributed by atoms with Gasteiger partial charge in [0.25, 0.3) is 0 Å². The van der Waals surface area contributed by atoms with Gasteiger partial charge in [-0.25, -0.2) is 4.79 Å². The van der Waals surface area contributed by atoms with Gasteiger partial charge in [-0.15, -0.1) is 0 Å². The third-order valence-electron chi connectivity index (χ3n) is 2.11. The molecule has 72 valence electrons. The van der Waals surface area contributed by atoms with Gasteiger partial charge < -0.3 is 9.64 Å². The Kier molecular flexibility index (Phi) is 3.55. The number of carbonyl (C=O) groups is 1. The zero-order valence-corrected chi connectivity index (χ0v) is 8.84. The normalized spacial score (nSPS) is 11.6. The number of hydrogen-bond acceptors (Lipinski definition) is 2. The third kappa shape index (κ3) is 3.11. The van der Waals surface area contributed by atoms with Crippen LogP contribution in [0, 0.1) is 5.92 Å². The van der Waals surface area contributed by atoms with Crippen molar-refractivity contribution in [1.29, 1.82) is 0 Å². The first-order valence-corrected chi connectivity index (χ1v) is 4.17. The van der Waals surface area contributed by atoms with Gasteiger partial charge in [0.1, 0.15) is 5.60 Å². The van der Waals surface area contributed by atoms with E-state index in [0.29, 0.717) is 5.92 Å². The van der Waals surface area contributed by atoms with Crippen LogP contribution in [0.25, 0.3) is 0 Å². The van der Waals surface area contributed by atoms with Crippen LogP contribution >= 0.6 is 0 Å². The van der Waals surface area contributed by atoms with E-state index in [1.165, 1.54) is 4.90 Å². The summed E-state index contributed by atoms with van der Waals surface area (Å²) >= 11 is 0. The van der Waals surface area contributed by atoms with Gasteiger partial charge in [0, 0.05) is 14.1 Å². The van der Waals surface area contributed by atoms with E-state index in [0.717, 1.165) is 0 Å². The van der Waals surface area contributed by atoms with E-state index in [1.54, 1.807) is 14.1 Å². The van der Waals surface area contributed by atoms with E-state index in [2.05, 4.69) is 0 Å². The molecule has 0 radical (unpaired) electrons. The Morgan fingerprint density at radius 2 is 1.75 bits per heavy atom. The Balaban J connectivity index is 4.15. The third-order valence-corrected chi connectivity index (χ3v) is 2.11. The van der Waals surface area contributed by atoms with Gasteiger partial charge in [0.05, 0.1) is 0 Å². The number of ether oxygens (including phenoxy) is 1. The van der Waals surface area contributed by atoms with Crippen molar-refractivity contribution in [1.82, 2.24) is 4.90 Å². The molecule has 0 atom stereocenters. The van der Waals surface area contributed by atoms with Crippen molar-refractivity contribution in [3.8, 4) is 0 Å².